The normalized spacial score (nSPS) is 9.77. The van der Waals surface area contributed by atoms with Gasteiger partial charge < -0.3 is 4.90 Å². The number of nitrogens with zero attached hydrogens (tertiary/aromatic N) is 1. The fourth-order valence-electron chi connectivity index (χ4n) is 1.18. The van der Waals surface area contributed by atoms with Gasteiger partial charge in [-0.2, -0.15) is 0 Å². The summed E-state index contributed by atoms with van der Waals surface area (Å²) in [7, 11) is 1.69. The first-order valence-corrected chi connectivity index (χ1v) is 4.06. The van der Waals surface area contributed by atoms with Crippen LogP contribution in [0, 0.1) is 5.82 Å². The smallest absolute Gasteiger partial charge is 0.149 e. The summed E-state index contributed by atoms with van der Waals surface area (Å²) in [6.45, 7) is 1.72. The molecule has 0 aliphatic carbocycles. The molecule has 1 aromatic rings. The maximum absolute atomic E-state index is 13.1. The fourth-order valence-corrected chi connectivity index (χ4v) is 1.18. The Hall–Kier alpha value is -1.38. The van der Waals surface area contributed by atoms with E-state index in [1.165, 1.54) is 13.0 Å². The molecule has 0 heterocycles. The first-order valence-electron chi connectivity index (χ1n) is 4.06. The summed E-state index contributed by atoms with van der Waals surface area (Å²) < 4.78 is 13.1. The lowest BCUT2D eigenvalue weighted by Gasteiger charge is -2.17. The van der Waals surface area contributed by atoms with E-state index in [2.05, 4.69) is 0 Å². The molecule has 0 N–H and O–H groups in total. The van der Waals surface area contributed by atoms with Crippen molar-refractivity contribution in [2.75, 3.05) is 18.5 Å². The molecule has 3 heteroatoms. The van der Waals surface area contributed by atoms with Crippen LogP contribution in [-0.4, -0.2) is 19.4 Å². The molecule has 0 bridgehead atoms. The Labute approximate surface area is 77.0 Å². The minimum atomic E-state index is -0.300. The maximum atomic E-state index is 13.1. The SMILES string of the molecule is CC(=O)CN(C)c1ccccc1F. The highest BCUT2D eigenvalue weighted by Crippen LogP contribution is 2.16. The Morgan fingerprint density at radius 3 is 2.62 bits per heavy atom. The number of ketones is 1. The molecule has 0 unspecified atom stereocenters. The lowest BCUT2D eigenvalue weighted by Crippen LogP contribution is -2.24. The third-order valence-corrected chi connectivity index (χ3v) is 1.72. The number of carbonyl (C=O) groups excluding carboxylic acids is 1. The molecule has 70 valence electrons. The summed E-state index contributed by atoms with van der Waals surface area (Å²) in [4.78, 5) is 12.4. The van der Waals surface area contributed by atoms with Crippen molar-refractivity contribution in [3.05, 3.63) is 30.1 Å². The van der Waals surface area contributed by atoms with Crippen molar-refractivity contribution in [3.63, 3.8) is 0 Å². The van der Waals surface area contributed by atoms with E-state index in [9.17, 15) is 9.18 Å². The minimum Gasteiger partial charge on any atom is -0.365 e. The van der Waals surface area contributed by atoms with E-state index in [1.807, 2.05) is 0 Å². The first-order chi connectivity index (χ1) is 6.11. The second kappa shape index (κ2) is 4.03. The van der Waals surface area contributed by atoms with Crippen LogP contribution in [0.15, 0.2) is 24.3 Å². The van der Waals surface area contributed by atoms with Crippen molar-refractivity contribution in [1.82, 2.24) is 0 Å². The van der Waals surface area contributed by atoms with Gasteiger partial charge in [0.2, 0.25) is 0 Å². The van der Waals surface area contributed by atoms with Crippen LogP contribution in [0.4, 0.5) is 10.1 Å². The molecule has 0 aliphatic rings. The number of benzene rings is 1. The van der Waals surface area contributed by atoms with Crippen molar-refractivity contribution in [1.29, 1.82) is 0 Å². The zero-order chi connectivity index (χ0) is 9.84. The van der Waals surface area contributed by atoms with Crippen LogP contribution in [0.3, 0.4) is 0 Å². The fraction of sp³-hybridized carbons (Fsp3) is 0.300. The van der Waals surface area contributed by atoms with Gasteiger partial charge in [-0.3, -0.25) is 4.79 Å². The molecule has 0 spiro atoms. The summed E-state index contributed by atoms with van der Waals surface area (Å²) >= 11 is 0. The predicted molar refractivity (Wildman–Crippen MR) is 50.4 cm³/mol. The number of Topliss-reactive ketones (excluding diaryl/α,β-unsaturated/α-hetero) is 1. The first kappa shape index (κ1) is 9.71. The third-order valence-electron chi connectivity index (χ3n) is 1.72. The predicted octanol–water partition coefficient (Wildman–Crippen LogP) is 1.85. The second-order valence-electron chi connectivity index (χ2n) is 3.01. The van der Waals surface area contributed by atoms with Crippen molar-refractivity contribution in [2.45, 2.75) is 6.92 Å². The van der Waals surface area contributed by atoms with Crippen LogP contribution < -0.4 is 4.90 Å². The molecular weight excluding hydrogens is 169 g/mol. The van der Waals surface area contributed by atoms with E-state index in [4.69, 9.17) is 0 Å². The lowest BCUT2D eigenvalue weighted by atomic mass is 10.2. The topological polar surface area (TPSA) is 20.3 Å². The molecule has 2 nitrogen and oxygen atoms in total. The Balaban J connectivity index is 2.82. The third kappa shape index (κ3) is 2.54. The maximum Gasteiger partial charge on any atom is 0.149 e. The number of hydrogen-bond acceptors (Lipinski definition) is 2. The Morgan fingerprint density at radius 2 is 2.08 bits per heavy atom. The largest absolute Gasteiger partial charge is 0.365 e. The number of para-hydroxylation sites is 1. The molecule has 0 aromatic heterocycles. The summed E-state index contributed by atoms with van der Waals surface area (Å²) in [6, 6.07) is 6.40. The zero-order valence-corrected chi connectivity index (χ0v) is 7.75. The van der Waals surface area contributed by atoms with Gasteiger partial charge in [-0.15, -0.1) is 0 Å². The Kier molecular flexibility index (Phi) is 3.01. The number of rotatable bonds is 3. The summed E-state index contributed by atoms with van der Waals surface area (Å²) in [5.74, 6) is -0.281. The van der Waals surface area contributed by atoms with Crippen molar-refractivity contribution in [3.8, 4) is 0 Å². The molecule has 0 saturated heterocycles. The number of likely N-dealkylation sites (N-methyl/N-ethyl adjacent to an activating group) is 1. The average Bonchev–Trinajstić information content (AvgIpc) is 2.03. The van der Waals surface area contributed by atoms with Crippen LogP contribution >= 0.6 is 0 Å². The average molecular weight is 181 g/mol. The van der Waals surface area contributed by atoms with Gasteiger partial charge in [-0.1, -0.05) is 12.1 Å². The second-order valence-corrected chi connectivity index (χ2v) is 3.01. The van der Waals surface area contributed by atoms with E-state index in [0.717, 1.165) is 0 Å². The number of carbonyl (C=O) groups is 1. The van der Waals surface area contributed by atoms with Gasteiger partial charge in [0.15, 0.2) is 0 Å². The van der Waals surface area contributed by atoms with Crippen molar-refractivity contribution >= 4 is 11.5 Å². The molecule has 1 aromatic carbocycles. The highest BCUT2D eigenvalue weighted by Gasteiger charge is 2.07. The Bertz CT molecular complexity index is 312. The summed E-state index contributed by atoms with van der Waals surface area (Å²) in [5.41, 5.74) is 0.456. The van der Waals surface area contributed by atoms with Gasteiger partial charge in [-0.25, -0.2) is 4.39 Å². The number of anilines is 1. The molecule has 0 aliphatic heterocycles. The van der Waals surface area contributed by atoms with Crippen LogP contribution in [0.1, 0.15) is 6.92 Å². The van der Waals surface area contributed by atoms with Gasteiger partial charge in [-0.05, 0) is 19.1 Å². The van der Waals surface area contributed by atoms with E-state index in [-0.39, 0.29) is 18.1 Å². The quantitative estimate of drug-likeness (QED) is 0.709. The molecule has 13 heavy (non-hydrogen) atoms. The molecule has 0 fully saturated rings. The van der Waals surface area contributed by atoms with E-state index < -0.39 is 0 Å². The van der Waals surface area contributed by atoms with Crippen LogP contribution in [0.2, 0.25) is 0 Å². The lowest BCUT2D eigenvalue weighted by molar-refractivity contribution is -0.115. The molecule has 0 amide bonds. The van der Waals surface area contributed by atoms with Gasteiger partial charge in [0.05, 0.1) is 12.2 Å². The van der Waals surface area contributed by atoms with E-state index in [1.54, 1.807) is 30.1 Å². The zero-order valence-electron chi connectivity index (χ0n) is 7.75. The van der Waals surface area contributed by atoms with Crippen molar-refractivity contribution in [2.24, 2.45) is 0 Å². The highest BCUT2D eigenvalue weighted by molar-refractivity contribution is 5.80. The van der Waals surface area contributed by atoms with E-state index in [0.29, 0.717) is 5.69 Å². The summed E-state index contributed by atoms with van der Waals surface area (Å²) in [6.07, 6.45) is 0. The number of halogens is 1. The van der Waals surface area contributed by atoms with Gasteiger partial charge in [0.1, 0.15) is 11.6 Å². The van der Waals surface area contributed by atoms with Gasteiger partial charge in [0, 0.05) is 7.05 Å². The molecule has 1 rings (SSSR count). The van der Waals surface area contributed by atoms with Crippen molar-refractivity contribution < 1.29 is 9.18 Å². The molecule has 0 atom stereocenters. The van der Waals surface area contributed by atoms with Gasteiger partial charge >= 0.3 is 0 Å². The van der Waals surface area contributed by atoms with Crippen LogP contribution in [0.5, 0.6) is 0 Å². The van der Waals surface area contributed by atoms with Crippen LogP contribution in [-0.2, 0) is 4.79 Å². The molecule has 0 saturated carbocycles. The number of hydrogen-bond donors (Lipinski definition) is 0. The Morgan fingerprint density at radius 1 is 1.46 bits per heavy atom. The summed E-state index contributed by atoms with van der Waals surface area (Å²) in [5, 5.41) is 0. The molecular formula is C10H12FNO. The van der Waals surface area contributed by atoms with E-state index >= 15 is 0 Å². The van der Waals surface area contributed by atoms with Gasteiger partial charge in [0.25, 0.3) is 0 Å². The monoisotopic (exact) mass is 181 g/mol. The minimum absolute atomic E-state index is 0.0192. The standard InChI is InChI=1S/C10H12FNO/c1-8(13)7-12(2)10-6-4-3-5-9(10)11/h3-6H,7H2,1-2H3. The van der Waals surface area contributed by atoms with Crippen LogP contribution in [0.25, 0.3) is 0 Å². The highest BCUT2D eigenvalue weighted by atomic mass is 19.1. The molecule has 0 radical (unpaired) electrons.